The molecule has 6 heteroatoms. The molecule has 0 radical (unpaired) electrons. The van der Waals surface area contributed by atoms with Gasteiger partial charge in [0.2, 0.25) is 0 Å². The second-order valence-electron chi connectivity index (χ2n) is 4.23. The van der Waals surface area contributed by atoms with Gasteiger partial charge in [0.15, 0.2) is 0 Å². The van der Waals surface area contributed by atoms with Crippen LogP contribution >= 0.6 is 0 Å². The number of aliphatic carboxylic acids is 1. The molecule has 0 bridgehead atoms. The van der Waals surface area contributed by atoms with Crippen LogP contribution < -0.4 is 10.6 Å². The number of rotatable bonds is 6. The largest absolute Gasteiger partial charge is 0.480 e. The number of hydrogen-bond donors (Lipinski definition) is 3. The minimum absolute atomic E-state index is 0.111. The van der Waals surface area contributed by atoms with Gasteiger partial charge in [-0.15, -0.1) is 0 Å². The van der Waals surface area contributed by atoms with Gasteiger partial charge in [0.25, 0.3) is 0 Å². The summed E-state index contributed by atoms with van der Waals surface area (Å²) in [6, 6.07) is -0.514. The molecule has 0 aliphatic heterocycles. The second kappa shape index (κ2) is 6.32. The van der Waals surface area contributed by atoms with E-state index in [1.54, 1.807) is 0 Å². The number of carboxylic acids is 1. The van der Waals surface area contributed by atoms with E-state index in [1.807, 2.05) is 13.8 Å². The smallest absolute Gasteiger partial charge is 0.328 e. The van der Waals surface area contributed by atoms with Gasteiger partial charge >= 0.3 is 12.0 Å². The molecule has 0 saturated heterocycles. The summed E-state index contributed by atoms with van der Waals surface area (Å²) in [4.78, 5) is 22.0. The maximum absolute atomic E-state index is 11.3. The number of carbonyl (C=O) groups is 2. The molecule has 0 rings (SSSR count). The average molecular weight is 232 g/mol. The molecule has 16 heavy (non-hydrogen) atoms. The normalized spacial score (nSPS) is 11.3. The van der Waals surface area contributed by atoms with Crippen molar-refractivity contribution in [2.45, 2.75) is 39.3 Å². The number of nitrogens with one attached hydrogen (secondary N) is 2. The van der Waals surface area contributed by atoms with Crippen LogP contribution in [0, 0.1) is 0 Å². The Hall–Kier alpha value is -1.30. The van der Waals surface area contributed by atoms with Gasteiger partial charge in [0, 0.05) is 6.54 Å². The summed E-state index contributed by atoms with van der Waals surface area (Å²) in [7, 11) is 0. The molecule has 94 valence electrons. The summed E-state index contributed by atoms with van der Waals surface area (Å²) in [6.45, 7) is 7.37. The van der Waals surface area contributed by atoms with Crippen molar-refractivity contribution in [2.75, 3.05) is 13.2 Å². The van der Waals surface area contributed by atoms with Crippen molar-refractivity contribution in [3.8, 4) is 0 Å². The van der Waals surface area contributed by atoms with Crippen LogP contribution in [0.25, 0.3) is 0 Å². The zero-order chi connectivity index (χ0) is 12.8. The van der Waals surface area contributed by atoms with Gasteiger partial charge in [-0.05, 0) is 27.7 Å². The van der Waals surface area contributed by atoms with Crippen LogP contribution in [0.2, 0.25) is 0 Å². The Labute approximate surface area is 95.4 Å². The van der Waals surface area contributed by atoms with E-state index in [0.29, 0.717) is 13.2 Å². The Bertz CT molecular complexity index is 251. The summed E-state index contributed by atoms with van der Waals surface area (Å²) >= 11 is 0. The molecule has 2 amide bonds. The SMILES string of the molecule is CC(C)OCCNC(=O)NC(C)(C)C(=O)O. The summed E-state index contributed by atoms with van der Waals surface area (Å²) in [5.74, 6) is -1.08. The van der Waals surface area contributed by atoms with E-state index in [2.05, 4.69) is 10.6 Å². The lowest BCUT2D eigenvalue weighted by molar-refractivity contribution is -0.142. The van der Waals surface area contributed by atoms with Crippen molar-refractivity contribution >= 4 is 12.0 Å². The first-order valence-electron chi connectivity index (χ1n) is 5.16. The van der Waals surface area contributed by atoms with Gasteiger partial charge in [-0.2, -0.15) is 0 Å². The third kappa shape index (κ3) is 6.23. The van der Waals surface area contributed by atoms with Crippen LogP contribution in [-0.2, 0) is 9.53 Å². The van der Waals surface area contributed by atoms with Crippen molar-refractivity contribution in [1.82, 2.24) is 10.6 Å². The summed E-state index contributed by atoms with van der Waals surface area (Å²) in [6.07, 6.45) is 0.111. The van der Waals surface area contributed by atoms with Gasteiger partial charge in [-0.3, -0.25) is 0 Å². The van der Waals surface area contributed by atoms with Crippen LogP contribution in [0.1, 0.15) is 27.7 Å². The van der Waals surface area contributed by atoms with E-state index < -0.39 is 17.5 Å². The molecule has 0 aromatic carbocycles. The predicted octanol–water partition coefficient (Wildman–Crippen LogP) is 0.574. The van der Waals surface area contributed by atoms with Crippen molar-refractivity contribution in [3.63, 3.8) is 0 Å². The van der Waals surface area contributed by atoms with E-state index in [9.17, 15) is 9.59 Å². The molecule has 0 aromatic rings. The molecular weight excluding hydrogens is 212 g/mol. The Balaban J connectivity index is 3.79. The Morgan fingerprint density at radius 1 is 1.38 bits per heavy atom. The van der Waals surface area contributed by atoms with Crippen molar-refractivity contribution in [3.05, 3.63) is 0 Å². The van der Waals surface area contributed by atoms with E-state index in [0.717, 1.165) is 0 Å². The molecule has 0 saturated carbocycles. The van der Waals surface area contributed by atoms with Crippen LogP contribution in [-0.4, -0.2) is 41.9 Å². The number of hydrogen-bond acceptors (Lipinski definition) is 3. The van der Waals surface area contributed by atoms with Gasteiger partial charge in [0.1, 0.15) is 5.54 Å². The quantitative estimate of drug-likeness (QED) is 0.584. The number of carbonyl (C=O) groups excluding carboxylic acids is 1. The zero-order valence-electron chi connectivity index (χ0n) is 10.2. The Morgan fingerprint density at radius 2 is 1.94 bits per heavy atom. The third-order valence-electron chi connectivity index (χ3n) is 1.80. The van der Waals surface area contributed by atoms with Crippen LogP contribution in [0.15, 0.2) is 0 Å². The van der Waals surface area contributed by atoms with Gasteiger partial charge < -0.3 is 20.5 Å². The summed E-state index contributed by atoms with van der Waals surface area (Å²) < 4.78 is 5.21. The monoisotopic (exact) mass is 232 g/mol. The number of urea groups is 1. The molecule has 0 fully saturated rings. The molecule has 0 atom stereocenters. The highest BCUT2D eigenvalue weighted by molar-refractivity contribution is 5.85. The first-order chi connectivity index (χ1) is 7.25. The highest BCUT2D eigenvalue weighted by Gasteiger charge is 2.28. The average Bonchev–Trinajstić information content (AvgIpc) is 2.11. The Morgan fingerprint density at radius 3 is 2.38 bits per heavy atom. The lowest BCUT2D eigenvalue weighted by atomic mass is 10.1. The lowest BCUT2D eigenvalue weighted by Gasteiger charge is -2.21. The predicted molar refractivity (Wildman–Crippen MR) is 59.3 cm³/mol. The molecule has 0 aliphatic rings. The molecule has 0 unspecified atom stereocenters. The second-order valence-corrected chi connectivity index (χ2v) is 4.23. The van der Waals surface area contributed by atoms with E-state index >= 15 is 0 Å². The lowest BCUT2D eigenvalue weighted by Crippen LogP contribution is -2.53. The standard InChI is InChI=1S/C10H20N2O4/c1-7(2)16-6-5-11-9(15)12-10(3,4)8(13)14/h7H,5-6H2,1-4H3,(H,13,14)(H2,11,12,15). The fourth-order valence-corrected chi connectivity index (χ4v) is 0.841. The molecule has 3 N–H and O–H groups in total. The molecule has 6 nitrogen and oxygen atoms in total. The van der Waals surface area contributed by atoms with Gasteiger partial charge in [-0.25, -0.2) is 9.59 Å². The fraction of sp³-hybridized carbons (Fsp3) is 0.800. The molecule has 0 heterocycles. The minimum Gasteiger partial charge on any atom is -0.480 e. The number of carboxylic acid groups (broad SMARTS) is 1. The van der Waals surface area contributed by atoms with Crippen molar-refractivity contribution in [1.29, 1.82) is 0 Å². The van der Waals surface area contributed by atoms with E-state index in [4.69, 9.17) is 9.84 Å². The maximum Gasteiger partial charge on any atom is 0.328 e. The first-order valence-corrected chi connectivity index (χ1v) is 5.16. The highest BCUT2D eigenvalue weighted by Crippen LogP contribution is 2.00. The number of ether oxygens (including phenoxy) is 1. The molecular formula is C10H20N2O4. The zero-order valence-corrected chi connectivity index (χ0v) is 10.2. The highest BCUT2D eigenvalue weighted by atomic mass is 16.5. The van der Waals surface area contributed by atoms with E-state index in [-0.39, 0.29) is 6.10 Å². The minimum atomic E-state index is -1.27. The summed E-state index contributed by atoms with van der Waals surface area (Å²) in [5, 5.41) is 13.6. The summed E-state index contributed by atoms with van der Waals surface area (Å²) in [5.41, 5.74) is -1.27. The Kier molecular flexibility index (Phi) is 5.81. The van der Waals surface area contributed by atoms with Crippen molar-refractivity contribution in [2.24, 2.45) is 0 Å². The number of amides is 2. The van der Waals surface area contributed by atoms with E-state index in [1.165, 1.54) is 13.8 Å². The molecule has 0 spiro atoms. The molecule has 0 aromatic heterocycles. The van der Waals surface area contributed by atoms with Crippen LogP contribution in [0.4, 0.5) is 4.79 Å². The first kappa shape index (κ1) is 14.7. The van der Waals surface area contributed by atoms with Gasteiger partial charge in [-0.1, -0.05) is 0 Å². The van der Waals surface area contributed by atoms with Gasteiger partial charge in [0.05, 0.1) is 12.7 Å². The topological polar surface area (TPSA) is 87.7 Å². The third-order valence-corrected chi connectivity index (χ3v) is 1.80. The van der Waals surface area contributed by atoms with Crippen molar-refractivity contribution < 1.29 is 19.4 Å². The van der Waals surface area contributed by atoms with Crippen LogP contribution in [0.3, 0.4) is 0 Å². The molecule has 0 aliphatic carbocycles. The van der Waals surface area contributed by atoms with Crippen LogP contribution in [0.5, 0.6) is 0 Å². The maximum atomic E-state index is 11.3. The fourth-order valence-electron chi connectivity index (χ4n) is 0.841.